The first kappa shape index (κ1) is 14.4. The number of carbonyl (C=O) groups is 1. The topological polar surface area (TPSA) is 55.1 Å². The molecule has 0 radical (unpaired) electrons. The first-order valence-electron chi connectivity index (χ1n) is 7.55. The number of aryl methyl sites for hydroxylation is 1. The van der Waals surface area contributed by atoms with E-state index in [4.69, 9.17) is 5.73 Å². The molecule has 0 aliphatic heterocycles. The van der Waals surface area contributed by atoms with Gasteiger partial charge in [-0.2, -0.15) is 0 Å². The predicted molar refractivity (Wildman–Crippen MR) is 89.9 cm³/mol. The van der Waals surface area contributed by atoms with E-state index in [1.165, 1.54) is 42.6 Å². The standard InChI is InChI=1S/C17H22N2OS/c1-11-5-6-12-13(9-11)21-15(14(12)18)16(20)19-10-17(2)7-3-4-8-17/h5-6,9H,3-4,7-8,10,18H2,1-2H3,(H,19,20). The Morgan fingerprint density at radius 1 is 1.38 bits per heavy atom. The van der Waals surface area contributed by atoms with E-state index in [0.29, 0.717) is 10.6 Å². The van der Waals surface area contributed by atoms with E-state index in [0.717, 1.165) is 16.6 Å². The van der Waals surface area contributed by atoms with Gasteiger partial charge in [-0.15, -0.1) is 11.3 Å². The number of anilines is 1. The fraction of sp³-hybridized carbons (Fsp3) is 0.471. The number of thiophene rings is 1. The van der Waals surface area contributed by atoms with E-state index in [1.807, 2.05) is 12.1 Å². The van der Waals surface area contributed by atoms with Crippen LogP contribution >= 0.6 is 11.3 Å². The van der Waals surface area contributed by atoms with Gasteiger partial charge in [0, 0.05) is 16.6 Å². The predicted octanol–water partition coefficient (Wildman–Crippen LogP) is 4.10. The molecule has 1 aromatic heterocycles. The first-order valence-corrected chi connectivity index (χ1v) is 8.37. The van der Waals surface area contributed by atoms with Crippen LogP contribution in [0.15, 0.2) is 18.2 Å². The molecule has 0 spiro atoms. The molecule has 1 fully saturated rings. The van der Waals surface area contributed by atoms with Crippen molar-refractivity contribution in [2.75, 3.05) is 12.3 Å². The zero-order valence-electron chi connectivity index (χ0n) is 12.7. The van der Waals surface area contributed by atoms with Gasteiger partial charge in [0.2, 0.25) is 0 Å². The number of fused-ring (bicyclic) bond motifs is 1. The smallest absolute Gasteiger partial charge is 0.263 e. The monoisotopic (exact) mass is 302 g/mol. The molecule has 3 nitrogen and oxygen atoms in total. The minimum absolute atomic E-state index is 0.0283. The van der Waals surface area contributed by atoms with E-state index >= 15 is 0 Å². The van der Waals surface area contributed by atoms with Crippen LogP contribution < -0.4 is 11.1 Å². The summed E-state index contributed by atoms with van der Waals surface area (Å²) >= 11 is 1.49. The van der Waals surface area contributed by atoms with Crippen molar-refractivity contribution >= 4 is 33.0 Å². The zero-order chi connectivity index (χ0) is 15.0. The van der Waals surface area contributed by atoms with Crippen molar-refractivity contribution in [1.29, 1.82) is 0 Å². The number of nitrogens with one attached hydrogen (secondary N) is 1. The van der Waals surface area contributed by atoms with Crippen molar-refractivity contribution in [2.24, 2.45) is 5.41 Å². The molecule has 4 heteroatoms. The first-order chi connectivity index (χ1) is 9.98. The molecule has 1 saturated carbocycles. The normalized spacial score (nSPS) is 17.2. The lowest BCUT2D eigenvalue weighted by Gasteiger charge is -2.23. The maximum atomic E-state index is 12.4. The molecule has 1 aliphatic carbocycles. The van der Waals surface area contributed by atoms with Crippen LogP contribution in [0.25, 0.3) is 10.1 Å². The number of amides is 1. The highest BCUT2D eigenvalue weighted by molar-refractivity contribution is 7.21. The van der Waals surface area contributed by atoms with Crippen LogP contribution in [0.3, 0.4) is 0 Å². The molecular formula is C17H22N2OS. The number of rotatable bonds is 3. The zero-order valence-corrected chi connectivity index (χ0v) is 13.5. The van der Waals surface area contributed by atoms with Crippen LogP contribution in [0.2, 0.25) is 0 Å². The highest BCUT2D eigenvalue weighted by Crippen LogP contribution is 2.37. The molecule has 1 amide bonds. The molecule has 3 rings (SSSR count). The summed E-state index contributed by atoms with van der Waals surface area (Å²) in [5.41, 5.74) is 8.22. The molecule has 3 N–H and O–H groups in total. The Balaban J connectivity index is 1.79. The van der Waals surface area contributed by atoms with Crippen LogP contribution in [-0.2, 0) is 0 Å². The van der Waals surface area contributed by atoms with E-state index in [-0.39, 0.29) is 11.3 Å². The number of nitrogens with two attached hydrogens (primary N) is 1. The Labute approximate surface area is 129 Å². The average molecular weight is 302 g/mol. The summed E-state index contributed by atoms with van der Waals surface area (Å²) in [4.78, 5) is 13.1. The second-order valence-electron chi connectivity index (χ2n) is 6.54. The van der Waals surface area contributed by atoms with E-state index in [9.17, 15) is 4.79 Å². The summed E-state index contributed by atoms with van der Waals surface area (Å²) in [6, 6.07) is 6.13. The highest BCUT2D eigenvalue weighted by Gasteiger charge is 2.29. The molecule has 21 heavy (non-hydrogen) atoms. The Morgan fingerprint density at radius 2 is 2.10 bits per heavy atom. The van der Waals surface area contributed by atoms with Crippen molar-refractivity contribution in [3.63, 3.8) is 0 Å². The molecule has 0 saturated heterocycles. The van der Waals surface area contributed by atoms with Crippen molar-refractivity contribution in [3.05, 3.63) is 28.6 Å². The van der Waals surface area contributed by atoms with Crippen LogP contribution in [0.5, 0.6) is 0 Å². The SMILES string of the molecule is Cc1ccc2c(N)c(C(=O)NCC3(C)CCCC3)sc2c1. The van der Waals surface area contributed by atoms with Gasteiger partial charge in [0.15, 0.2) is 0 Å². The lowest BCUT2D eigenvalue weighted by atomic mass is 9.89. The Hall–Kier alpha value is -1.55. The number of hydrogen-bond donors (Lipinski definition) is 2. The minimum atomic E-state index is -0.0283. The van der Waals surface area contributed by atoms with Crippen molar-refractivity contribution in [1.82, 2.24) is 5.32 Å². The van der Waals surface area contributed by atoms with Crippen molar-refractivity contribution < 1.29 is 4.79 Å². The van der Waals surface area contributed by atoms with Gasteiger partial charge in [-0.3, -0.25) is 4.79 Å². The van der Waals surface area contributed by atoms with E-state index < -0.39 is 0 Å². The summed E-state index contributed by atoms with van der Waals surface area (Å²) in [7, 11) is 0. The second kappa shape index (κ2) is 5.34. The van der Waals surface area contributed by atoms with Gasteiger partial charge in [0.25, 0.3) is 5.91 Å². The number of hydrogen-bond acceptors (Lipinski definition) is 3. The van der Waals surface area contributed by atoms with Gasteiger partial charge in [-0.05, 0) is 36.8 Å². The van der Waals surface area contributed by atoms with Crippen LogP contribution in [0.4, 0.5) is 5.69 Å². The van der Waals surface area contributed by atoms with Crippen LogP contribution in [0.1, 0.15) is 47.8 Å². The minimum Gasteiger partial charge on any atom is -0.397 e. The molecule has 0 atom stereocenters. The maximum absolute atomic E-state index is 12.4. The van der Waals surface area contributed by atoms with Gasteiger partial charge < -0.3 is 11.1 Å². The third kappa shape index (κ3) is 2.77. The second-order valence-corrected chi connectivity index (χ2v) is 7.60. The summed E-state index contributed by atoms with van der Waals surface area (Å²) in [6.45, 7) is 5.06. The average Bonchev–Trinajstić information content (AvgIpc) is 3.01. The highest BCUT2D eigenvalue weighted by atomic mass is 32.1. The molecule has 0 bridgehead atoms. The number of nitrogen functional groups attached to an aromatic ring is 1. The van der Waals surface area contributed by atoms with Gasteiger partial charge in [0.1, 0.15) is 4.88 Å². The molecule has 1 aliphatic rings. The largest absolute Gasteiger partial charge is 0.397 e. The molecule has 0 unspecified atom stereocenters. The Kier molecular flexibility index (Phi) is 3.66. The molecule has 1 heterocycles. The van der Waals surface area contributed by atoms with E-state index in [2.05, 4.69) is 25.2 Å². The lowest BCUT2D eigenvalue weighted by molar-refractivity contribution is 0.0939. The van der Waals surface area contributed by atoms with Gasteiger partial charge >= 0.3 is 0 Å². The fourth-order valence-corrected chi connectivity index (χ4v) is 4.31. The summed E-state index contributed by atoms with van der Waals surface area (Å²) in [6.07, 6.45) is 4.95. The third-order valence-corrected chi connectivity index (χ3v) is 5.74. The fourth-order valence-electron chi connectivity index (χ4n) is 3.17. The van der Waals surface area contributed by atoms with Gasteiger partial charge in [-0.25, -0.2) is 0 Å². The van der Waals surface area contributed by atoms with Crippen molar-refractivity contribution in [2.45, 2.75) is 39.5 Å². The summed E-state index contributed by atoms with van der Waals surface area (Å²) in [5.74, 6) is -0.0283. The van der Waals surface area contributed by atoms with Gasteiger partial charge in [0.05, 0.1) is 5.69 Å². The Morgan fingerprint density at radius 3 is 2.81 bits per heavy atom. The van der Waals surface area contributed by atoms with Crippen molar-refractivity contribution in [3.8, 4) is 0 Å². The number of carbonyl (C=O) groups excluding carboxylic acids is 1. The molecule has 2 aromatic rings. The maximum Gasteiger partial charge on any atom is 0.263 e. The molecule has 112 valence electrons. The summed E-state index contributed by atoms with van der Waals surface area (Å²) in [5, 5.41) is 4.08. The van der Waals surface area contributed by atoms with Crippen LogP contribution in [0, 0.1) is 12.3 Å². The van der Waals surface area contributed by atoms with E-state index in [1.54, 1.807) is 0 Å². The number of benzene rings is 1. The third-order valence-electron chi connectivity index (χ3n) is 4.58. The van der Waals surface area contributed by atoms with Crippen LogP contribution in [-0.4, -0.2) is 12.5 Å². The quantitative estimate of drug-likeness (QED) is 0.896. The lowest BCUT2D eigenvalue weighted by Crippen LogP contribution is -2.34. The Bertz CT molecular complexity index is 683. The summed E-state index contributed by atoms with van der Waals surface area (Å²) < 4.78 is 1.09. The molecule has 1 aromatic carbocycles. The van der Waals surface area contributed by atoms with Gasteiger partial charge in [-0.1, -0.05) is 31.9 Å². The molecular weight excluding hydrogens is 280 g/mol.